The van der Waals surface area contributed by atoms with Crippen LogP contribution in [0.4, 0.5) is 11.4 Å². The van der Waals surface area contributed by atoms with E-state index in [4.69, 9.17) is 5.73 Å². The van der Waals surface area contributed by atoms with Gasteiger partial charge in [0.25, 0.3) is 0 Å². The van der Waals surface area contributed by atoms with Crippen molar-refractivity contribution >= 4 is 23.4 Å². The highest BCUT2D eigenvalue weighted by Crippen LogP contribution is 2.61. The van der Waals surface area contributed by atoms with E-state index in [0.717, 1.165) is 36.4 Å². The van der Waals surface area contributed by atoms with E-state index < -0.39 is 0 Å². The minimum atomic E-state index is -0.182. The van der Waals surface area contributed by atoms with Crippen molar-refractivity contribution in [1.82, 2.24) is 5.32 Å². The molecular formula is C28H35N3O. The smallest absolute Gasteiger partial charge is 0.248 e. The Hall–Kier alpha value is -2.59. The van der Waals surface area contributed by atoms with Gasteiger partial charge < -0.3 is 16.4 Å². The molecule has 4 nitrogen and oxygen atoms in total. The molecule has 6 rings (SSSR count). The van der Waals surface area contributed by atoms with Crippen LogP contribution in [0.3, 0.4) is 0 Å². The predicted molar refractivity (Wildman–Crippen MR) is 132 cm³/mol. The molecule has 0 aliphatic heterocycles. The average Bonchev–Trinajstić information content (AvgIpc) is 2.77. The van der Waals surface area contributed by atoms with E-state index in [0.29, 0.717) is 16.8 Å². The molecule has 2 aromatic rings. The van der Waals surface area contributed by atoms with Crippen molar-refractivity contribution in [2.45, 2.75) is 51.5 Å². The van der Waals surface area contributed by atoms with Gasteiger partial charge in [-0.2, -0.15) is 0 Å². The molecule has 0 spiro atoms. The van der Waals surface area contributed by atoms with Crippen LogP contribution in [-0.4, -0.2) is 12.5 Å². The van der Waals surface area contributed by atoms with Crippen molar-refractivity contribution < 1.29 is 4.79 Å². The Balaban J connectivity index is 1.06. The topological polar surface area (TPSA) is 67.1 Å². The summed E-state index contributed by atoms with van der Waals surface area (Å²) in [5.74, 6) is 2.93. The van der Waals surface area contributed by atoms with E-state index in [2.05, 4.69) is 34.9 Å². The first kappa shape index (κ1) is 21.3. The third-order valence-electron chi connectivity index (χ3n) is 7.95. The van der Waals surface area contributed by atoms with Gasteiger partial charge >= 0.3 is 0 Å². The quantitative estimate of drug-likeness (QED) is 0.290. The molecule has 4 aliphatic rings. The molecule has 0 saturated heterocycles. The number of nitrogens with two attached hydrogens (primary N) is 1. The number of carbonyl (C=O) groups is 1. The molecule has 4 bridgehead atoms. The Kier molecular flexibility index (Phi) is 6.05. The summed E-state index contributed by atoms with van der Waals surface area (Å²) < 4.78 is 0. The summed E-state index contributed by atoms with van der Waals surface area (Å²) in [6.45, 7) is 2.03. The molecule has 32 heavy (non-hydrogen) atoms. The van der Waals surface area contributed by atoms with E-state index in [1.54, 1.807) is 18.2 Å². The van der Waals surface area contributed by atoms with E-state index in [9.17, 15) is 4.79 Å². The Morgan fingerprint density at radius 1 is 0.969 bits per heavy atom. The number of nitrogen functional groups attached to an aromatic ring is 1. The normalized spacial score (nSPS) is 28.3. The molecule has 4 saturated carbocycles. The zero-order chi connectivity index (χ0) is 22.0. The van der Waals surface area contributed by atoms with Gasteiger partial charge in [-0.15, -0.1) is 0 Å². The van der Waals surface area contributed by atoms with E-state index in [-0.39, 0.29) is 5.91 Å². The molecule has 4 fully saturated rings. The summed E-state index contributed by atoms with van der Waals surface area (Å²) in [7, 11) is 0. The number of carbonyl (C=O) groups excluding carboxylic acids is 1. The first-order valence-corrected chi connectivity index (χ1v) is 12.2. The standard InChI is InChI=1S/C28H35N3O/c29-25-3-1-2-4-26(25)31-27(32)10-9-20-5-7-21(8-6-20)19-30-12-11-28-16-22-13-23(17-28)15-24(14-22)18-28/h1-10,22-24,30H,11-19,29H2,(H,31,32)/b10-9+. The summed E-state index contributed by atoms with van der Waals surface area (Å²) in [6.07, 6.45) is 13.8. The van der Waals surface area contributed by atoms with Gasteiger partial charge in [0, 0.05) is 12.6 Å². The lowest BCUT2D eigenvalue weighted by molar-refractivity contribution is -0.111. The molecule has 0 radical (unpaired) electrons. The van der Waals surface area contributed by atoms with Gasteiger partial charge in [0.1, 0.15) is 0 Å². The Morgan fingerprint density at radius 2 is 1.62 bits per heavy atom. The number of rotatable bonds is 8. The predicted octanol–water partition coefficient (Wildman–Crippen LogP) is 5.62. The SMILES string of the molecule is Nc1ccccc1NC(=O)/C=C/c1ccc(CNCCC23CC4CC(CC(C4)C2)C3)cc1. The highest BCUT2D eigenvalue weighted by Gasteiger charge is 2.50. The first-order valence-electron chi connectivity index (χ1n) is 12.2. The van der Waals surface area contributed by atoms with Crippen molar-refractivity contribution in [3.05, 3.63) is 65.7 Å². The van der Waals surface area contributed by atoms with Crippen LogP contribution in [0.2, 0.25) is 0 Å². The Labute approximate surface area is 191 Å². The highest BCUT2D eigenvalue weighted by molar-refractivity contribution is 6.03. The lowest BCUT2D eigenvalue weighted by atomic mass is 9.49. The molecule has 4 heteroatoms. The third kappa shape index (κ3) is 4.91. The van der Waals surface area contributed by atoms with E-state index >= 15 is 0 Å². The third-order valence-corrected chi connectivity index (χ3v) is 7.95. The molecule has 1 amide bonds. The van der Waals surface area contributed by atoms with Gasteiger partial charge in [0.05, 0.1) is 11.4 Å². The maximum atomic E-state index is 12.1. The highest BCUT2D eigenvalue weighted by atomic mass is 16.1. The molecular weight excluding hydrogens is 394 g/mol. The summed E-state index contributed by atoms with van der Waals surface area (Å²) in [5, 5.41) is 6.50. The van der Waals surface area contributed by atoms with E-state index in [1.165, 1.54) is 50.5 Å². The zero-order valence-corrected chi connectivity index (χ0v) is 18.9. The number of benzene rings is 2. The fourth-order valence-electron chi connectivity index (χ4n) is 6.89. The maximum absolute atomic E-state index is 12.1. The fourth-order valence-corrected chi connectivity index (χ4v) is 6.89. The lowest BCUT2D eigenvalue weighted by Crippen LogP contribution is -2.47. The number of hydrogen-bond acceptors (Lipinski definition) is 3. The van der Waals surface area contributed by atoms with Crippen LogP contribution in [0, 0.1) is 23.2 Å². The largest absolute Gasteiger partial charge is 0.397 e. The second-order valence-electron chi connectivity index (χ2n) is 10.5. The maximum Gasteiger partial charge on any atom is 0.248 e. The van der Waals surface area contributed by atoms with Crippen LogP contribution in [0.1, 0.15) is 56.1 Å². The second kappa shape index (κ2) is 9.11. The number of nitrogens with one attached hydrogen (secondary N) is 2. The minimum absolute atomic E-state index is 0.182. The fraction of sp³-hybridized carbons (Fsp3) is 0.464. The monoisotopic (exact) mass is 429 g/mol. The van der Waals surface area contributed by atoms with Crippen LogP contribution in [0.5, 0.6) is 0 Å². The van der Waals surface area contributed by atoms with Crippen LogP contribution in [-0.2, 0) is 11.3 Å². The molecule has 2 aromatic carbocycles. The first-order chi connectivity index (χ1) is 15.6. The molecule has 0 aromatic heterocycles. The minimum Gasteiger partial charge on any atom is -0.397 e. The summed E-state index contributed by atoms with van der Waals surface area (Å²) in [5.41, 5.74) is 10.0. The van der Waals surface area contributed by atoms with Crippen molar-refractivity contribution in [2.75, 3.05) is 17.6 Å². The Bertz CT molecular complexity index is 943. The van der Waals surface area contributed by atoms with Crippen LogP contribution < -0.4 is 16.4 Å². The van der Waals surface area contributed by atoms with Crippen molar-refractivity contribution in [1.29, 1.82) is 0 Å². The number of anilines is 2. The van der Waals surface area contributed by atoms with Crippen molar-refractivity contribution in [2.24, 2.45) is 23.2 Å². The van der Waals surface area contributed by atoms with Crippen molar-refractivity contribution in [3.63, 3.8) is 0 Å². The summed E-state index contributed by atoms with van der Waals surface area (Å²) >= 11 is 0. The van der Waals surface area contributed by atoms with Gasteiger partial charge in [-0.3, -0.25) is 4.79 Å². The molecule has 0 unspecified atom stereocenters. The van der Waals surface area contributed by atoms with Gasteiger partial charge in [-0.05, 0) is 104 Å². The summed E-state index contributed by atoms with van der Waals surface area (Å²) in [6, 6.07) is 15.7. The number of para-hydroxylation sites is 2. The number of hydrogen-bond donors (Lipinski definition) is 3. The average molecular weight is 430 g/mol. The molecule has 0 atom stereocenters. The molecule has 4 aliphatic carbocycles. The Morgan fingerprint density at radius 3 is 2.28 bits per heavy atom. The van der Waals surface area contributed by atoms with Crippen LogP contribution >= 0.6 is 0 Å². The van der Waals surface area contributed by atoms with E-state index in [1.807, 2.05) is 18.2 Å². The molecule has 0 heterocycles. The summed E-state index contributed by atoms with van der Waals surface area (Å²) in [4.78, 5) is 12.1. The van der Waals surface area contributed by atoms with Gasteiger partial charge in [0.2, 0.25) is 5.91 Å². The van der Waals surface area contributed by atoms with Gasteiger partial charge in [0.15, 0.2) is 0 Å². The van der Waals surface area contributed by atoms with Crippen LogP contribution in [0.15, 0.2) is 54.6 Å². The van der Waals surface area contributed by atoms with Gasteiger partial charge in [-0.1, -0.05) is 36.4 Å². The molecule has 168 valence electrons. The van der Waals surface area contributed by atoms with Gasteiger partial charge in [-0.25, -0.2) is 0 Å². The van der Waals surface area contributed by atoms with Crippen LogP contribution in [0.25, 0.3) is 6.08 Å². The second-order valence-corrected chi connectivity index (χ2v) is 10.5. The lowest BCUT2D eigenvalue weighted by Gasteiger charge is -2.57. The van der Waals surface area contributed by atoms with Crippen molar-refractivity contribution in [3.8, 4) is 0 Å². The zero-order valence-electron chi connectivity index (χ0n) is 18.9. The molecule has 4 N–H and O–H groups in total. The number of amides is 1.